The lowest BCUT2D eigenvalue weighted by molar-refractivity contribution is 0.102. The third-order valence-corrected chi connectivity index (χ3v) is 4.99. The number of amides is 1. The lowest BCUT2D eigenvalue weighted by atomic mass is 10.2. The van der Waals surface area contributed by atoms with Crippen molar-refractivity contribution < 1.29 is 17.9 Å². The first kappa shape index (κ1) is 18.3. The van der Waals surface area contributed by atoms with Gasteiger partial charge in [-0.25, -0.2) is 13.1 Å². The summed E-state index contributed by atoms with van der Waals surface area (Å²) in [6, 6.07) is 10.6. The Morgan fingerprint density at radius 3 is 2.58 bits per heavy atom. The molecule has 0 aliphatic carbocycles. The van der Waals surface area contributed by atoms with Gasteiger partial charge >= 0.3 is 0 Å². The van der Waals surface area contributed by atoms with Crippen molar-refractivity contribution in [3.05, 3.63) is 53.1 Å². The fourth-order valence-electron chi connectivity index (χ4n) is 2.03. The molecule has 0 aliphatic rings. The average molecular weight is 369 g/mol. The predicted octanol–water partition coefficient (Wildman–Crippen LogP) is 2.90. The second-order valence-electron chi connectivity index (χ2n) is 4.83. The van der Waals surface area contributed by atoms with Gasteiger partial charge in [0.1, 0.15) is 5.75 Å². The molecule has 0 bridgehead atoms. The molecule has 2 rings (SSSR count). The highest BCUT2D eigenvalue weighted by Crippen LogP contribution is 2.27. The zero-order valence-corrected chi connectivity index (χ0v) is 14.7. The van der Waals surface area contributed by atoms with Crippen molar-refractivity contribution in [2.75, 3.05) is 19.0 Å². The number of nitrogens with one attached hydrogen (secondary N) is 2. The van der Waals surface area contributed by atoms with E-state index in [1.54, 1.807) is 25.1 Å². The van der Waals surface area contributed by atoms with E-state index in [0.717, 1.165) is 0 Å². The van der Waals surface area contributed by atoms with Crippen molar-refractivity contribution >= 4 is 33.2 Å². The Kier molecular flexibility index (Phi) is 5.82. The Hall–Kier alpha value is -2.09. The number of halogens is 1. The summed E-state index contributed by atoms with van der Waals surface area (Å²) in [5, 5.41) is 3.03. The summed E-state index contributed by atoms with van der Waals surface area (Å²) < 4.78 is 31.4. The second kappa shape index (κ2) is 7.65. The van der Waals surface area contributed by atoms with Crippen LogP contribution in [0.15, 0.2) is 47.4 Å². The van der Waals surface area contributed by atoms with Gasteiger partial charge in [0, 0.05) is 17.8 Å². The lowest BCUT2D eigenvalue weighted by Gasteiger charge is -2.09. The Bertz CT molecular complexity index is 853. The first-order valence-electron chi connectivity index (χ1n) is 7.12. The normalized spacial score (nSPS) is 11.1. The number of benzene rings is 2. The molecule has 24 heavy (non-hydrogen) atoms. The summed E-state index contributed by atoms with van der Waals surface area (Å²) in [5.74, 6) is 0.0539. The van der Waals surface area contributed by atoms with Crippen LogP contribution in [-0.4, -0.2) is 28.0 Å². The maximum absolute atomic E-state index is 12.3. The van der Waals surface area contributed by atoms with Crippen molar-refractivity contribution in [1.29, 1.82) is 0 Å². The number of carbonyl (C=O) groups is 1. The van der Waals surface area contributed by atoms with Crippen LogP contribution in [0.2, 0.25) is 5.02 Å². The molecule has 8 heteroatoms. The summed E-state index contributed by atoms with van der Waals surface area (Å²) in [6.45, 7) is 1.95. The number of carbonyl (C=O) groups excluding carboxylic acids is 1. The first-order chi connectivity index (χ1) is 11.4. The molecule has 128 valence electrons. The van der Waals surface area contributed by atoms with Gasteiger partial charge in [-0.15, -0.1) is 0 Å². The minimum atomic E-state index is -3.62. The van der Waals surface area contributed by atoms with Crippen LogP contribution in [0, 0.1) is 0 Å². The molecule has 6 nitrogen and oxygen atoms in total. The van der Waals surface area contributed by atoms with Crippen molar-refractivity contribution in [3.63, 3.8) is 0 Å². The Labute approximate surface area is 145 Å². The molecular weight excluding hydrogens is 352 g/mol. The van der Waals surface area contributed by atoms with Gasteiger partial charge in [-0.05, 0) is 36.4 Å². The van der Waals surface area contributed by atoms with E-state index < -0.39 is 15.9 Å². The number of sulfonamides is 1. The van der Waals surface area contributed by atoms with E-state index in [1.807, 2.05) is 0 Å². The third-order valence-electron chi connectivity index (χ3n) is 3.15. The first-order valence-corrected chi connectivity index (χ1v) is 8.98. The second-order valence-corrected chi connectivity index (χ2v) is 7.01. The highest BCUT2D eigenvalue weighted by Gasteiger charge is 2.15. The van der Waals surface area contributed by atoms with Gasteiger partial charge in [0.2, 0.25) is 10.0 Å². The van der Waals surface area contributed by atoms with Gasteiger partial charge in [-0.2, -0.15) is 0 Å². The molecule has 0 saturated carbocycles. The predicted molar refractivity (Wildman–Crippen MR) is 93.3 cm³/mol. The SMILES string of the molecule is CCNS(=O)(=O)c1cccc(C(=O)Nc2ccc(OC)c(Cl)c2)c1. The molecule has 0 saturated heterocycles. The molecule has 0 aromatic heterocycles. The van der Waals surface area contributed by atoms with Gasteiger partial charge in [0.05, 0.1) is 17.0 Å². The molecule has 0 atom stereocenters. The van der Waals surface area contributed by atoms with Crippen LogP contribution in [0.1, 0.15) is 17.3 Å². The highest BCUT2D eigenvalue weighted by atomic mass is 35.5. The van der Waals surface area contributed by atoms with Gasteiger partial charge in [-0.1, -0.05) is 24.6 Å². The van der Waals surface area contributed by atoms with E-state index >= 15 is 0 Å². The Balaban J connectivity index is 2.23. The fraction of sp³-hybridized carbons (Fsp3) is 0.188. The van der Waals surface area contributed by atoms with Crippen molar-refractivity contribution in [2.45, 2.75) is 11.8 Å². The maximum Gasteiger partial charge on any atom is 0.255 e. The summed E-state index contributed by atoms with van der Waals surface area (Å²) in [5.41, 5.74) is 0.701. The van der Waals surface area contributed by atoms with Crippen LogP contribution < -0.4 is 14.8 Å². The van der Waals surface area contributed by atoms with E-state index in [2.05, 4.69) is 10.0 Å². The molecule has 2 aromatic carbocycles. The number of hydrogen-bond donors (Lipinski definition) is 2. The van der Waals surface area contributed by atoms with Crippen molar-refractivity contribution in [1.82, 2.24) is 4.72 Å². The molecule has 0 fully saturated rings. The van der Waals surface area contributed by atoms with E-state index in [0.29, 0.717) is 16.5 Å². The molecule has 0 unspecified atom stereocenters. The summed E-state index contributed by atoms with van der Waals surface area (Å²) >= 11 is 6.01. The molecular formula is C16H17ClN2O4S. The van der Waals surface area contributed by atoms with Gasteiger partial charge in [0.15, 0.2) is 0 Å². The lowest BCUT2D eigenvalue weighted by Crippen LogP contribution is -2.23. The molecule has 1 amide bonds. The Morgan fingerprint density at radius 1 is 1.21 bits per heavy atom. The molecule has 2 aromatic rings. The molecule has 0 aliphatic heterocycles. The minimum Gasteiger partial charge on any atom is -0.495 e. The largest absolute Gasteiger partial charge is 0.495 e. The molecule has 0 radical (unpaired) electrons. The summed E-state index contributed by atoms with van der Waals surface area (Å²) in [7, 11) is -2.13. The van der Waals surface area contributed by atoms with Crippen molar-refractivity contribution in [2.24, 2.45) is 0 Å². The smallest absolute Gasteiger partial charge is 0.255 e. The third kappa shape index (κ3) is 4.25. The quantitative estimate of drug-likeness (QED) is 0.821. The summed E-state index contributed by atoms with van der Waals surface area (Å²) in [4.78, 5) is 12.3. The number of rotatable bonds is 6. The number of anilines is 1. The van der Waals surface area contributed by atoms with Crippen molar-refractivity contribution in [3.8, 4) is 5.75 Å². The van der Waals surface area contributed by atoms with Crippen LogP contribution in [0.25, 0.3) is 0 Å². The molecule has 0 spiro atoms. The van der Waals surface area contributed by atoms with E-state index in [1.165, 1.54) is 31.4 Å². The summed E-state index contributed by atoms with van der Waals surface area (Å²) in [6.07, 6.45) is 0. The maximum atomic E-state index is 12.3. The number of hydrogen-bond acceptors (Lipinski definition) is 4. The van der Waals surface area contributed by atoms with Crippen LogP contribution >= 0.6 is 11.6 Å². The fourth-order valence-corrected chi connectivity index (χ4v) is 3.37. The van der Waals surface area contributed by atoms with Crippen LogP contribution in [0.5, 0.6) is 5.75 Å². The zero-order valence-electron chi connectivity index (χ0n) is 13.2. The Morgan fingerprint density at radius 2 is 1.96 bits per heavy atom. The van der Waals surface area contributed by atoms with E-state index in [9.17, 15) is 13.2 Å². The van der Waals surface area contributed by atoms with Crippen LogP contribution in [-0.2, 0) is 10.0 Å². The average Bonchev–Trinajstić information content (AvgIpc) is 2.55. The number of methoxy groups -OCH3 is 1. The zero-order chi connectivity index (χ0) is 17.7. The van der Waals surface area contributed by atoms with E-state index in [4.69, 9.17) is 16.3 Å². The monoisotopic (exact) mass is 368 g/mol. The topological polar surface area (TPSA) is 84.5 Å². The number of ether oxygens (including phenoxy) is 1. The van der Waals surface area contributed by atoms with Gasteiger partial charge in [0.25, 0.3) is 5.91 Å². The molecule has 0 heterocycles. The van der Waals surface area contributed by atoms with Crippen LogP contribution in [0.4, 0.5) is 5.69 Å². The van der Waals surface area contributed by atoms with Gasteiger partial charge < -0.3 is 10.1 Å². The van der Waals surface area contributed by atoms with Gasteiger partial charge in [-0.3, -0.25) is 4.79 Å². The molecule has 2 N–H and O–H groups in total. The van der Waals surface area contributed by atoms with E-state index in [-0.39, 0.29) is 17.0 Å². The standard InChI is InChI=1S/C16H17ClN2O4S/c1-3-18-24(21,22)13-6-4-5-11(9-13)16(20)19-12-7-8-15(23-2)14(17)10-12/h4-10,18H,3H2,1-2H3,(H,19,20). The van der Waals surface area contributed by atoms with Crippen LogP contribution in [0.3, 0.4) is 0 Å². The highest BCUT2D eigenvalue weighted by molar-refractivity contribution is 7.89. The minimum absolute atomic E-state index is 0.0322.